The molecule has 154 valence electrons. The molecule has 31 heavy (non-hydrogen) atoms. The molecule has 0 aliphatic carbocycles. The smallest absolute Gasteiger partial charge is 0.153 e. The summed E-state index contributed by atoms with van der Waals surface area (Å²) in [4.78, 5) is 20.7. The molecule has 3 aromatic rings. The lowest BCUT2D eigenvalue weighted by atomic mass is 10.0. The highest BCUT2D eigenvalue weighted by atomic mass is 15.3. The zero-order chi connectivity index (χ0) is 20.9. The molecule has 1 N–H and O–H groups in total. The second-order valence-corrected chi connectivity index (χ2v) is 7.48. The number of aliphatic imine (C=N–C) groups is 2. The van der Waals surface area contributed by atoms with Gasteiger partial charge in [0, 0.05) is 67.8 Å². The van der Waals surface area contributed by atoms with Gasteiger partial charge in [0.05, 0.1) is 5.57 Å². The van der Waals surface area contributed by atoms with Crippen LogP contribution in [0.2, 0.25) is 0 Å². The van der Waals surface area contributed by atoms with Crippen LogP contribution in [0.4, 0.5) is 5.69 Å². The number of dihydropyridines is 1. The van der Waals surface area contributed by atoms with Crippen LogP contribution in [0.3, 0.4) is 0 Å². The van der Waals surface area contributed by atoms with Crippen molar-refractivity contribution in [1.82, 2.24) is 15.3 Å². The molecule has 1 aromatic carbocycles. The van der Waals surface area contributed by atoms with Gasteiger partial charge in [-0.3, -0.25) is 15.0 Å². The Bertz CT molecular complexity index is 1110. The van der Waals surface area contributed by atoms with Crippen LogP contribution >= 0.6 is 0 Å². The molecule has 1 atom stereocenters. The molecule has 1 unspecified atom stereocenters. The summed E-state index contributed by atoms with van der Waals surface area (Å²) in [6, 6.07) is 20.5. The van der Waals surface area contributed by atoms with Gasteiger partial charge in [0.1, 0.15) is 5.84 Å². The predicted octanol–water partition coefficient (Wildman–Crippen LogP) is 3.95. The molecular weight excluding hydrogens is 384 g/mol. The van der Waals surface area contributed by atoms with E-state index in [1.807, 2.05) is 61.2 Å². The maximum atomic E-state index is 5.16. The molecular formula is C25H24N6. The number of hydrogen-bond acceptors (Lipinski definition) is 6. The molecule has 2 aromatic heterocycles. The lowest BCUT2D eigenvalue weighted by Crippen LogP contribution is -2.41. The van der Waals surface area contributed by atoms with Crippen molar-refractivity contribution >= 4 is 17.7 Å². The van der Waals surface area contributed by atoms with Crippen molar-refractivity contribution < 1.29 is 0 Å². The highest BCUT2D eigenvalue weighted by molar-refractivity contribution is 6.17. The van der Waals surface area contributed by atoms with E-state index in [9.17, 15) is 0 Å². The number of nitrogens with zero attached hydrogens (tertiary/aromatic N) is 5. The number of hydrogen-bond donors (Lipinski definition) is 1. The first-order chi connectivity index (χ1) is 15.4. The van der Waals surface area contributed by atoms with Crippen molar-refractivity contribution in [3.8, 4) is 0 Å². The summed E-state index contributed by atoms with van der Waals surface area (Å²) in [5, 5.41) is 3.56. The summed E-state index contributed by atoms with van der Waals surface area (Å²) in [5.74, 6) is 0.892. The van der Waals surface area contributed by atoms with Crippen molar-refractivity contribution in [1.29, 1.82) is 0 Å². The van der Waals surface area contributed by atoms with Crippen LogP contribution in [0.5, 0.6) is 0 Å². The Morgan fingerprint density at radius 2 is 1.77 bits per heavy atom. The van der Waals surface area contributed by atoms with Gasteiger partial charge in [-0.25, -0.2) is 4.99 Å². The molecule has 0 saturated carbocycles. The fourth-order valence-corrected chi connectivity index (χ4v) is 4.02. The number of amidine groups is 1. The van der Waals surface area contributed by atoms with Gasteiger partial charge in [-0.05, 0) is 42.0 Å². The van der Waals surface area contributed by atoms with Crippen LogP contribution in [0.15, 0.2) is 101 Å². The normalized spacial score (nSPS) is 17.9. The number of benzene rings is 1. The van der Waals surface area contributed by atoms with E-state index in [1.165, 1.54) is 5.70 Å². The third-order valence-corrected chi connectivity index (χ3v) is 5.49. The van der Waals surface area contributed by atoms with Gasteiger partial charge in [0.2, 0.25) is 0 Å². The Morgan fingerprint density at radius 1 is 0.935 bits per heavy atom. The fraction of sp³-hybridized carbons (Fsp3) is 0.200. The first-order valence-corrected chi connectivity index (χ1v) is 10.6. The van der Waals surface area contributed by atoms with E-state index >= 15 is 0 Å². The molecule has 0 bridgehead atoms. The van der Waals surface area contributed by atoms with Crippen molar-refractivity contribution in [3.05, 3.63) is 102 Å². The van der Waals surface area contributed by atoms with Crippen molar-refractivity contribution in [3.63, 3.8) is 0 Å². The second-order valence-electron chi connectivity index (χ2n) is 7.48. The highest BCUT2D eigenvalue weighted by Gasteiger charge is 2.32. The number of para-hydroxylation sites is 1. The minimum absolute atomic E-state index is 0.159. The molecule has 6 nitrogen and oxygen atoms in total. The molecule has 0 spiro atoms. The average Bonchev–Trinajstić information content (AvgIpc) is 2.85. The topological polar surface area (TPSA) is 65.8 Å². The number of rotatable bonds is 5. The molecule has 0 saturated heterocycles. The molecule has 0 amide bonds. The summed E-state index contributed by atoms with van der Waals surface area (Å²) in [5.41, 5.74) is 5.62. The maximum Gasteiger partial charge on any atom is 0.153 e. The summed E-state index contributed by atoms with van der Waals surface area (Å²) >= 11 is 0. The zero-order valence-electron chi connectivity index (χ0n) is 17.2. The first kappa shape index (κ1) is 19.2. The fourth-order valence-electron chi connectivity index (χ4n) is 4.02. The maximum absolute atomic E-state index is 5.16. The Kier molecular flexibility index (Phi) is 5.52. The Hall–Kier alpha value is -3.80. The molecule has 4 heterocycles. The van der Waals surface area contributed by atoms with Gasteiger partial charge < -0.3 is 10.2 Å². The molecule has 6 heteroatoms. The van der Waals surface area contributed by atoms with Crippen molar-refractivity contribution in [2.45, 2.75) is 19.0 Å². The van der Waals surface area contributed by atoms with Crippen LogP contribution in [0.25, 0.3) is 0 Å². The zero-order valence-corrected chi connectivity index (χ0v) is 17.2. The van der Waals surface area contributed by atoms with E-state index in [-0.39, 0.29) is 6.17 Å². The molecule has 2 aliphatic heterocycles. The minimum atomic E-state index is -0.159. The van der Waals surface area contributed by atoms with Crippen LogP contribution in [0, 0.1) is 0 Å². The van der Waals surface area contributed by atoms with Crippen LogP contribution < -0.4 is 10.2 Å². The van der Waals surface area contributed by atoms with Crippen LogP contribution in [-0.4, -0.2) is 35.1 Å². The standard InChI is InChI=1S/C25H24N6/c1-2-7-21(8-3-1)31-23-12-16-27-18-22(23)24(29-17-11-20-6-4-5-13-28-20)30-25(31)19-9-14-26-15-10-19/h1-10,13-15,18,25H,11-12,16-17H2,(H,29,30). The van der Waals surface area contributed by atoms with Crippen LogP contribution in [-0.2, 0) is 6.42 Å². The lowest BCUT2D eigenvalue weighted by molar-refractivity contribution is 0.658. The van der Waals surface area contributed by atoms with Gasteiger partial charge in [0.25, 0.3) is 0 Å². The third-order valence-electron chi connectivity index (χ3n) is 5.49. The van der Waals surface area contributed by atoms with Gasteiger partial charge in [0.15, 0.2) is 6.17 Å². The third kappa shape index (κ3) is 4.10. The minimum Gasteiger partial charge on any atom is -0.369 e. The first-order valence-electron chi connectivity index (χ1n) is 10.6. The van der Waals surface area contributed by atoms with E-state index in [0.717, 1.165) is 54.3 Å². The van der Waals surface area contributed by atoms with E-state index < -0.39 is 0 Å². The summed E-state index contributed by atoms with van der Waals surface area (Å²) < 4.78 is 0. The summed E-state index contributed by atoms with van der Waals surface area (Å²) in [6.45, 7) is 1.54. The number of pyridine rings is 2. The number of aromatic nitrogens is 2. The van der Waals surface area contributed by atoms with Gasteiger partial charge in [-0.2, -0.15) is 0 Å². The predicted molar refractivity (Wildman–Crippen MR) is 124 cm³/mol. The molecule has 0 fully saturated rings. The monoisotopic (exact) mass is 408 g/mol. The van der Waals surface area contributed by atoms with Gasteiger partial charge in [-0.1, -0.05) is 24.3 Å². The Balaban J connectivity index is 1.50. The van der Waals surface area contributed by atoms with E-state index in [0.29, 0.717) is 0 Å². The lowest BCUT2D eigenvalue weighted by Gasteiger charge is -2.39. The molecule has 2 aliphatic rings. The van der Waals surface area contributed by atoms with Crippen molar-refractivity contribution in [2.24, 2.45) is 9.98 Å². The molecule has 0 radical (unpaired) electrons. The number of nitrogens with one attached hydrogen (secondary N) is 1. The number of anilines is 1. The Morgan fingerprint density at radius 3 is 2.58 bits per heavy atom. The molecule has 5 rings (SSSR count). The SMILES string of the molecule is C1=NCCC2=C1C(NCCc1ccccn1)=NC(c1ccncc1)N2c1ccccc1. The van der Waals surface area contributed by atoms with Crippen LogP contribution in [0.1, 0.15) is 23.8 Å². The summed E-state index contributed by atoms with van der Waals surface area (Å²) in [6.07, 6.45) is 9.00. The van der Waals surface area contributed by atoms with E-state index in [2.05, 4.69) is 49.4 Å². The Labute approximate surface area is 182 Å². The van der Waals surface area contributed by atoms with Gasteiger partial charge >= 0.3 is 0 Å². The average molecular weight is 409 g/mol. The van der Waals surface area contributed by atoms with Gasteiger partial charge in [-0.15, -0.1) is 0 Å². The quantitative estimate of drug-likeness (QED) is 0.694. The summed E-state index contributed by atoms with van der Waals surface area (Å²) in [7, 11) is 0. The van der Waals surface area contributed by atoms with E-state index in [1.54, 1.807) is 0 Å². The van der Waals surface area contributed by atoms with E-state index in [4.69, 9.17) is 4.99 Å². The highest BCUT2D eigenvalue weighted by Crippen LogP contribution is 2.38. The van der Waals surface area contributed by atoms with Crippen molar-refractivity contribution in [2.75, 3.05) is 18.0 Å². The second kappa shape index (κ2) is 8.92. The largest absolute Gasteiger partial charge is 0.369 e.